The molecule has 2 heteroatoms. The lowest BCUT2D eigenvalue weighted by atomic mass is 9.94. The molecule has 14 heavy (non-hydrogen) atoms. The fraction of sp³-hybridized carbons (Fsp3) is 1.00. The van der Waals surface area contributed by atoms with Crippen molar-refractivity contribution >= 4 is 24.4 Å². The van der Waals surface area contributed by atoms with Crippen LogP contribution in [0.2, 0.25) is 0 Å². The average Bonchev–Trinajstić information content (AvgIpc) is 2.08. The van der Waals surface area contributed by atoms with Gasteiger partial charge in [0, 0.05) is 0 Å². The van der Waals surface area contributed by atoms with Gasteiger partial charge in [-0.1, -0.05) is 27.7 Å². The Morgan fingerprint density at radius 1 is 1.21 bits per heavy atom. The molecule has 0 aliphatic carbocycles. The monoisotopic (exact) mass is 234 g/mol. The van der Waals surface area contributed by atoms with Gasteiger partial charge < -0.3 is 0 Å². The van der Waals surface area contributed by atoms with E-state index < -0.39 is 0 Å². The van der Waals surface area contributed by atoms with Gasteiger partial charge in [0.2, 0.25) is 0 Å². The van der Waals surface area contributed by atoms with Crippen LogP contribution in [0.3, 0.4) is 0 Å². The van der Waals surface area contributed by atoms with E-state index in [0.717, 1.165) is 11.7 Å². The number of rotatable bonds is 7. The predicted molar refractivity (Wildman–Crippen MR) is 73.6 cm³/mol. The zero-order chi connectivity index (χ0) is 11.0. The van der Waals surface area contributed by atoms with Gasteiger partial charge in [-0.2, -0.15) is 24.4 Å². The quantitative estimate of drug-likeness (QED) is 0.500. The smallest absolute Gasteiger partial charge is 0.00626 e. The van der Waals surface area contributed by atoms with Crippen LogP contribution in [0.15, 0.2) is 0 Å². The molecule has 0 aliphatic rings. The topological polar surface area (TPSA) is 0 Å². The largest absolute Gasteiger partial charge is 0.179 e. The molecule has 0 aromatic rings. The zero-order valence-electron chi connectivity index (χ0n) is 10.2. The maximum absolute atomic E-state index is 4.29. The first-order valence-electron chi connectivity index (χ1n) is 5.64. The number of thioether (sulfide) groups is 1. The molecule has 1 unspecified atom stereocenters. The Morgan fingerprint density at radius 2 is 1.86 bits per heavy atom. The van der Waals surface area contributed by atoms with Crippen molar-refractivity contribution in [1.82, 2.24) is 0 Å². The molecule has 0 N–H and O–H groups in total. The number of hydrogen-bond acceptors (Lipinski definition) is 2. The Kier molecular flexibility index (Phi) is 8.32. The molecule has 0 heterocycles. The Morgan fingerprint density at radius 3 is 2.36 bits per heavy atom. The van der Waals surface area contributed by atoms with Crippen LogP contribution in [-0.2, 0) is 0 Å². The van der Waals surface area contributed by atoms with Crippen LogP contribution < -0.4 is 0 Å². The van der Waals surface area contributed by atoms with Crippen molar-refractivity contribution in [2.75, 3.05) is 17.3 Å². The summed E-state index contributed by atoms with van der Waals surface area (Å²) in [6.07, 6.45) is 4.03. The van der Waals surface area contributed by atoms with Crippen LogP contribution in [0, 0.1) is 11.3 Å². The van der Waals surface area contributed by atoms with Crippen LogP contribution in [0.1, 0.15) is 47.0 Å². The molecule has 0 nitrogen and oxygen atoms in total. The van der Waals surface area contributed by atoms with E-state index in [4.69, 9.17) is 0 Å². The summed E-state index contributed by atoms with van der Waals surface area (Å²) in [7, 11) is 0. The lowest BCUT2D eigenvalue weighted by Gasteiger charge is -2.17. The first kappa shape index (κ1) is 14.7. The van der Waals surface area contributed by atoms with E-state index in [1.807, 2.05) is 0 Å². The third kappa shape index (κ3) is 10.8. The second kappa shape index (κ2) is 7.92. The van der Waals surface area contributed by atoms with Gasteiger partial charge in [0.1, 0.15) is 0 Å². The first-order valence-corrected chi connectivity index (χ1v) is 7.43. The van der Waals surface area contributed by atoms with Gasteiger partial charge in [0.15, 0.2) is 0 Å². The summed E-state index contributed by atoms with van der Waals surface area (Å²) in [6.45, 7) is 9.23. The summed E-state index contributed by atoms with van der Waals surface area (Å²) in [5, 5.41) is 0. The second-order valence-corrected chi connectivity index (χ2v) is 6.94. The van der Waals surface area contributed by atoms with Gasteiger partial charge in [-0.05, 0) is 47.9 Å². The van der Waals surface area contributed by atoms with E-state index in [0.29, 0.717) is 5.41 Å². The number of thiol groups is 1. The van der Waals surface area contributed by atoms with Gasteiger partial charge in [-0.25, -0.2) is 0 Å². The molecule has 0 aliphatic heterocycles. The van der Waals surface area contributed by atoms with Gasteiger partial charge in [0.05, 0.1) is 0 Å². The minimum Gasteiger partial charge on any atom is -0.179 e. The van der Waals surface area contributed by atoms with Gasteiger partial charge in [0.25, 0.3) is 0 Å². The van der Waals surface area contributed by atoms with Crippen LogP contribution >= 0.6 is 24.4 Å². The van der Waals surface area contributed by atoms with Crippen molar-refractivity contribution in [3.8, 4) is 0 Å². The molecule has 0 fully saturated rings. The fourth-order valence-electron chi connectivity index (χ4n) is 1.11. The van der Waals surface area contributed by atoms with E-state index in [-0.39, 0.29) is 0 Å². The molecular formula is C12H26S2. The molecule has 0 saturated heterocycles. The molecule has 0 radical (unpaired) electrons. The molecule has 0 aromatic heterocycles. The van der Waals surface area contributed by atoms with E-state index >= 15 is 0 Å². The van der Waals surface area contributed by atoms with Crippen LogP contribution in [0.5, 0.6) is 0 Å². The van der Waals surface area contributed by atoms with Crippen LogP contribution in [0.25, 0.3) is 0 Å². The SMILES string of the molecule is CC(CS)CCCSCCC(C)(C)C. The summed E-state index contributed by atoms with van der Waals surface area (Å²) in [6, 6.07) is 0. The summed E-state index contributed by atoms with van der Waals surface area (Å²) >= 11 is 6.40. The van der Waals surface area contributed by atoms with Crippen molar-refractivity contribution in [2.45, 2.75) is 47.0 Å². The molecule has 0 amide bonds. The maximum Gasteiger partial charge on any atom is -0.00626 e. The molecule has 0 spiro atoms. The van der Waals surface area contributed by atoms with Crippen molar-refractivity contribution in [3.63, 3.8) is 0 Å². The van der Waals surface area contributed by atoms with Crippen molar-refractivity contribution in [3.05, 3.63) is 0 Å². The highest BCUT2D eigenvalue weighted by molar-refractivity contribution is 7.99. The third-order valence-corrected chi connectivity index (χ3v) is 3.99. The standard InChI is InChI=1S/C12H26S2/c1-11(10-13)6-5-8-14-9-7-12(2,3)4/h11,13H,5-10H2,1-4H3. The van der Waals surface area contributed by atoms with Gasteiger partial charge in [-0.3, -0.25) is 0 Å². The van der Waals surface area contributed by atoms with Crippen molar-refractivity contribution in [1.29, 1.82) is 0 Å². The highest BCUT2D eigenvalue weighted by Crippen LogP contribution is 2.22. The van der Waals surface area contributed by atoms with Gasteiger partial charge in [-0.15, -0.1) is 0 Å². The molecule has 1 atom stereocenters. The van der Waals surface area contributed by atoms with E-state index in [9.17, 15) is 0 Å². The molecule has 0 aromatic carbocycles. The summed E-state index contributed by atoms with van der Waals surface area (Å²) in [4.78, 5) is 0. The number of hydrogen-bond donors (Lipinski definition) is 1. The second-order valence-electron chi connectivity index (χ2n) is 5.35. The minimum absolute atomic E-state index is 0.505. The third-order valence-electron chi connectivity index (χ3n) is 2.29. The first-order chi connectivity index (χ1) is 6.45. The zero-order valence-corrected chi connectivity index (χ0v) is 11.9. The van der Waals surface area contributed by atoms with Crippen LogP contribution in [0.4, 0.5) is 0 Å². The summed E-state index contributed by atoms with van der Waals surface area (Å²) < 4.78 is 0. The predicted octanol–water partition coefficient (Wildman–Crippen LogP) is 4.50. The van der Waals surface area contributed by atoms with Gasteiger partial charge >= 0.3 is 0 Å². The minimum atomic E-state index is 0.505. The lowest BCUT2D eigenvalue weighted by molar-refractivity contribution is 0.401. The van der Waals surface area contributed by atoms with E-state index in [1.54, 1.807) is 0 Å². The molecule has 0 saturated carbocycles. The highest BCUT2D eigenvalue weighted by atomic mass is 32.2. The molecule has 0 bridgehead atoms. The molecule has 0 rings (SSSR count). The van der Waals surface area contributed by atoms with E-state index in [2.05, 4.69) is 52.1 Å². The Hall–Kier alpha value is 0.700. The van der Waals surface area contributed by atoms with Crippen LogP contribution in [-0.4, -0.2) is 17.3 Å². The maximum atomic E-state index is 4.29. The van der Waals surface area contributed by atoms with Crippen molar-refractivity contribution < 1.29 is 0 Å². The van der Waals surface area contributed by atoms with E-state index in [1.165, 1.54) is 30.8 Å². The highest BCUT2D eigenvalue weighted by Gasteiger charge is 2.08. The normalized spacial score (nSPS) is 14.4. The Bertz CT molecular complexity index is 127. The fourth-order valence-corrected chi connectivity index (χ4v) is 2.62. The Labute approximate surface area is 100 Å². The average molecular weight is 234 g/mol. The molecule has 86 valence electrons. The lowest BCUT2D eigenvalue weighted by Crippen LogP contribution is -2.06. The summed E-state index contributed by atoms with van der Waals surface area (Å²) in [5.74, 6) is 4.47. The Balaban J connectivity index is 3.14. The van der Waals surface area contributed by atoms with Crippen molar-refractivity contribution in [2.24, 2.45) is 11.3 Å². The summed E-state index contributed by atoms with van der Waals surface area (Å²) in [5.41, 5.74) is 0.505. The molecular weight excluding hydrogens is 208 g/mol.